The Labute approximate surface area is 115 Å². The highest BCUT2D eigenvalue weighted by Gasteiger charge is 2.42. The van der Waals surface area contributed by atoms with Crippen molar-refractivity contribution in [3.8, 4) is 0 Å². The lowest BCUT2D eigenvalue weighted by molar-refractivity contribution is 0.312. The number of nitrogens with one attached hydrogen (secondary N) is 1. The minimum Gasteiger partial charge on any atom is -0.328 e. The molecule has 2 aliphatic carbocycles. The van der Waals surface area contributed by atoms with Crippen LogP contribution in [0.1, 0.15) is 68.7 Å². The summed E-state index contributed by atoms with van der Waals surface area (Å²) in [6, 6.07) is 0.769. The predicted molar refractivity (Wildman–Crippen MR) is 76.2 cm³/mol. The molecule has 104 valence electrons. The molecule has 3 nitrogen and oxygen atoms in total. The van der Waals surface area contributed by atoms with Gasteiger partial charge in [-0.25, -0.2) is 4.98 Å². The van der Waals surface area contributed by atoms with E-state index in [1.165, 1.54) is 43.6 Å². The zero-order valence-corrected chi connectivity index (χ0v) is 12.2. The van der Waals surface area contributed by atoms with E-state index in [0.29, 0.717) is 5.92 Å². The molecule has 0 aromatic carbocycles. The summed E-state index contributed by atoms with van der Waals surface area (Å²) < 4.78 is 2.69. The fraction of sp³-hybridized carbons (Fsp3) is 0.812. The molecule has 1 aromatic rings. The van der Waals surface area contributed by atoms with Crippen molar-refractivity contribution in [3.63, 3.8) is 0 Å². The first-order chi connectivity index (χ1) is 9.24. The van der Waals surface area contributed by atoms with Crippen LogP contribution in [0.4, 0.5) is 0 Å². The molecule has 19 heavy (non-hydrogen) atoms. The number of imidazole rings is 1. The Hall–Kier alpha value is -0.830. The van der Waals surface area contributed by atoms with Gasteiger partial charge in [0.2, 0.25) is 0 Å². The molecule has 4 rings (SSSR count). The molecule has 3 heteroatoms. The highest BCUT2D eigenvalue weighted by atomic mass is 15.2. The van der Waals surface area contributed by atoms with Crippen LogP contribution in [0.5, 0.6) is 0 Å². The van der Waals surface area contributed by atoms with Crippen LogP contribution >= 0.6 is 0 Å². The second-order valence-electron chi connectivity index (χ2n) is 7.06. The topological polar surface area (TPSA) is 29.9 Å². The summed E-state index contributed by atoms with van der Waals surface area (Å²) in [5.74, 6) is 3.85. The van der Waals surface area contributed by atoms with Gasteiger partial charge in [-0.3, -0.25) is 0 Å². The fourth-order valence-electron chi connectivity index (χ4n) is 4.66. The van der Waals surface area contributed by atoms with Crippen molar-refractivity contribution in [2.45, 2.75) is 64.5 Å². The van der Waals surface area contributed by atoms with Gasteiger partial charge >= 0.3 is 0 Å². The third kappa shape index (κ3) is 1.78. The Bertz CT molecular complexity index is 488. The zero-order valence-electron chi connectivity index (χ0n) is 12.2. The van der Waals surface area contributed by atoms with E-state index < -0.39 is 0 Å². The summed E-state index contributed by atoms with van der Waals surface area (Å²) in [7, 11) is 0. The van der Waals surface area contributed by atoms with Crippen molar-refractivity contribution >= 4 is 0 Å². The quantitative estimate of drug-likeness (QED) is 0.885. The molecule has 1 aromatic heterocycles. The average Bonchev–Trinajstić information content (AvgIpc) is 3.10. The highest BCUT2D eigenvalue weighted by Crippen LogP contribution is 2.52. The van der Waals surface area contributed by atoms with Crippen LogP contribution in [0.15, 0.2) is 0 Å². The fourth-order valence-corrected chi connectivity index (χ4v) is 4.66. The van der Waals surface area contributed by atoms with Gasteiger partial charge in [0.1, 0.15) is 5.82 Å². The summed E-state index contributed by atoms with van der Waals surface area (Å²) >= 11 is 0. The monoisotopic (exact) mass is 259 g/mol. The lowest BCUT2D eigenvalue weighted by Crippen LogP contribution is -2.27. The summed E-state index contributed by atoms with van der Waals surface area (Å²) in [5.41, 5.74) is 2.89. The Morgan fingerprint density at radius 1 is 1.26 bits per heavy atom. The Morgan fingerprint density at radius 2 is 2.16 bits per heavy atom. The first-order valence-electron chi connectivity index (χ1n) is 8.04. The molecule has 3 atom stereocenters. The van der Waals surface area contributed by atoms with Gasteiger partial charge in [0.05, 0.1) is 5.69 Å². The van der Waals surface area contributed by atoms with Gasteiger partial charge in [-0.05, 0) is 31.1 Å². The largest absolute Gasteiger partial charge is 0.328 e. The maximum absolute atomic E-state index is 4.98. The molecular weight excluding hydrogens is 234 g/mol. The van der Waals surface area contributed by atoms with Crippen LogP contribution in [-0.4, -0.2) is 16.1 Å². The van der Waals surface area contributed by atoms with E-state index in [1.807, 2.05) is 0 Å². The molecule has 0 spiro atoms. The van der Waals surface area contributed by atoms with Crippen LogP contribution in [0, 0.1) is 11.8 Å². The first-order valence-corrected chi connectivity index (χ1v) is 8.04. The van der Waals surface area contributed by atoms with E-state index in [1.54, 1.807) is 5.69 Å². The molecule has 1 aliphatic heterocycles. The lowest BCUT2D eigenvalue weighted by Gasteiger charge is -2.29. The van der Waals surface area contributed by atoms with Crippen LogP contribution in [0.25, 0.3) is 0 Å². The summed E-state index contributed by atoms with van der Waals surface area (Å²) in [5, 5.41) is 3.47. The minimum absolute atomic E-state index is 0.546. The van der Waals surface area contributed by atoms with Crippen LogP contribution in [0.3, 0.4) is 0 Å². The predicted octanol–water partition coefficient (Wildman–Crippen LogP) is 3.01. The van der Waals surface area contributed by atoms with E-state index in [0.717, 1.165) is 31.0 Å². The molecule has 2 heterocycles. The lowest BCUT2D eigenvalue weighted by atomic mass is 9.94. The third-order valence-corrected chi connectivity index (χ3v) is 5.50. The smallest absolute Gasteiger partial charge is 0.112 e. The molecule has 2 saturated carbocycles. The van der Waals surface area contributed by atoms with Gasteiger partial charge in [0, 0.05) is 37.2 Å². The molecule has 2 fully saturated rings. The minimum atomic E-state index is 0.546. The first kappa shape index (κ1) is 12.0. The highest BCUT2D eigenvalue weighted by molar-refractivity contribution is 5.23. The third-order valence-electron chi connectivity index (χ3n) is 5.50. The maximum Gasteiger partial charge on any atom is 0.112 e. The van der Waals surface area contributed by atoms with Crippen molar-refractivity contribution in [2.75, 3.05) is 6.54 Å². The zero-order chi connectivity index (χ0) is 13.0. The van der Waals surface area contributed by atoms with Gasteiger partial charge in [-0.2, -0.15) is 0 Å². The van der Waals surface area contributed by atoms with Gasteiger partial charge in [-0.15, -0.1) is 0 Å². The molecule has 0 amide bonds. The number of hydrogen-bond acceptors (Lipinski definition) is 2. The van der Waals surface area contributed by atoms with Crippen molar-refractivity contribution in [1.29, 1.82) is 0 Å². The Kier molecular flexibility index (Phi) is 2.73. The van der Waals surface area contributed by atoms with Crippen molar-refractivity contribution in [2.24, 2.45) is 11.8 Å². The SMILES string of the molecule is CC(C)c1nc2c(n1C1CC3CCC1C3)CCNC2. The van der Waals surface area contributed by atoms with Crippen LogP contribution < -0.4 is 5.32 Å². The van der Waals surface area contributed by atoms with Gasteiger partial charge in [-0.1, -0.05) is 20.3 Å². The number of nitrogens with zero attached hydrogens (tertiary/aromatic N) is 2. The number of fused-ring (bicyclic) bond motifs is 3. The van der Waals surface area contributed by atoms with E-state index in [2.05, 4.69) is 23.7 Å². The number of aromatic nitrogens is 2. The van der Waals surface area contributed by atoms with Crippen molar-refractivity contribution in [3.05, 3.63) is 17.2 Å². The summed E-state index contributed by atoms with van der Waals surface area (Å²) in [6.07, 6.45) is 7.01. The number of hydrogen-bond donors (Lipinski definition) is 1. The molecule has 2 bridgehead atoms. The standard InChI is InChI=1S/C16H25N3/c1-10(2)16-18-13-9-17-6-5-14(13)19(16)15-8-11-3-4-12(15)7-11/h10-12,15,17H,3-9H2,1-2H3. The van der Waals surface area contributed by atoms with Gasteiger partial charge in [0.15, 0.2) is 0 Å². The second-order valence-corrected chi connectivity index (χ2v) is 7.06. The summed E-state index contributed by atoms with van der Waals surface area (Å²) in [4.78, 5) is 4.98. The van der Waals surface area contributed by atoms with E-state index in [4.69, 9.17) is 4.98 Å². The molecule has 3 unspecified atom stereocenters. The van der Waals surface area contributed by atoms with Crippen LogP contribution in [0.2, 0.25) is 0 Å². The molecule has 3 aliphatic rings. The van der Waals surface area contributed by atoms with Crippen molar-refractivity contribution in [1.82, 2.24) is 14.9 Å². The Balaban J connectivity index is 1.78. The van der Waals surface area contributed by atoms with E-state index >= 15 is 0 Å². The number of rotatable bonds is 2. The van der Waals surface area contributed by atoms with E-state index in [9.17, 15) is 0 Å². The van der Waals surface area contributed by atoms with Crippen molar-refractivity contribution < 1.29 is 0 Å². The maximum atomic E-state index is 4.98. The van der Waals surface area contributed by atoms with Gasteiger partial charge in [0.25, 0.3) is 0 Å². The molecule has 0 saturated heterocycles. The van der Waals surface area contributed by atoms with Crippen LogP contribution in [-0.2, 0) is 13.0 Å². The van der Waals surface area contributed by atoms with Gasteiger partial charge < -0.3 is 9.88 Å². The van der Waals surface area contributed by atoms with E-state index in [-0.39, 0.29) is 0 Å². The molecule has 1 N–H and O–H groups in total. The molecule has 0 radical (unpaired) electrons. The average molecular weight is 259 g/mol. The summed E-state index contributed by atoms with van der Waals surface area (Å²) in [6.45, 7) is 6.69. The second kappa shape index (κ2) is 4.34. The Morgan fingerprint density at radius 3 is 2.84 bits per heavy atom. The normalized spacial score (nSPS) is 33.1. The molecular formula is C16H25N3.